The summed E-state index contributed by atoms with van der Waals surface area (Å²) in [5, 5.41) is 0. The number of nitrogens with zero attached hydrogens (tertiary/aromatic N) is 2. The number of methoxy groups -OCH3 is 1. The monoisotopic (exact) mass is 480 g/mol. The first-order valence-electron chi connectivity index (χ1n) is 13.0. The number of piperidine rings is 1. The summed E-state index contributed by atoms with van der Waals surface area (Å²) in [7, 11) is 3.90. The van der Waals surface area contributed by atoms with Crippen LogP contribution < -0.4 is 14.2 Å². The first-order chi connectivity index (χ1) is 16.9. The molecular formula is C29H40N2O4. The number of carbonyl (C=O) groups is 1. The molecule has 2 aromatic rings. The molecule has 4 rings (SSSR count). The summed E-state index contributed by atoms with van der Waals surface area (Å²) in [5.74, 6) is 3.45. The molecule has 0 saturated carbocycles. The Kier molecular flexibility index (Phi) is 8.22. The number of ether oxygens (including phenoxy) is 3. The van der Waals surface area contributed by atoms with Crippen molar-refractivity contribution < 1.29 is 19.0 Å². The van der Waals surface area contributed by atoms with E-state index in [1.165, 1.54) is 18.4 Å². The number of benzene rings is 2. The van der Waals surface area contributed by atoms with Crippen LogP contribution in [0.25, 0.3) is 11.1 Å². The minimum atomic E-state index is 0.141. The van der Waals surface area contributed by atoms with Crippen LogP contribution in [0.1, 0.15) is 57.1 Å². The molecule has 6 heteroatoms. The lowest BCUT2D eigenvalue weighted by Crippen LogP contribution is -2.34. The van der Waals surface area contributed by atoms with Crippen molar-refractivity contribution in [1.29, 1.82) is 0 Å². The van der Waals surface area contributed by atoms with E-state index in [2.05, 4.69) is 56.1 Å². The van der Waals surface area contributed by atoms with Crippen LogP contribution >= 0.6 is 0 Å². The third kappa shape index (κ3) is 5.92. The standard InChI is InChI=1S/C29H40N2O4/c1-6-28(32)31-12-13-34-29-24(18-31)14-23(22-9-10-25(20(2)3)26(15-22)33-5)16-27(29)35-19-21-8-7-11-30(4)17-21/h9-10,14-16,20-21H,6-8,11-13,17-19H2,1-5H3. The molecule has 0 N–H and O–H groups in total. The molecule has 1 fully saturated rings. The number of amides is 1. The highest BCUT2D eigenvalue weighted by Gasteiger charge is 2.25. The molecular weight excluding hydrogens is 440 g/mol. The van der Waals surface area contributed by atoms with Crippen molar-refractivity contribution >= 4 is 5.91 Å². The maximum atomic E-state index is 12.5. The number of rotatable bonds is 7. The van der Waals surface area contributed by atoms with Crippen molar-refractivity contribution in [3.8, 4) is 28.4 Å². The van der Waals surface area contributed by atoms with Crippen LogP contribution in [-0.4, -0.2) is 62.7 Å². The molecule has 35 heavy (non-hydrogen) atoms. The minimum absolute atomic E-state index is 0.141. The van der Waals surface area contributed by atoms with E-state index in [0.29, 0.717) is 44.6 Å². The van der Waals surface area contributed by atoms with Crippen LogP contribution in [-0.2, 0) is 11.3 Å². The Labute approximate surface area is 210 Å². The highest BCUT2D eigenvalue weighted by molar-refractivity contribution is 5.77. The average molecular weight is 481 g/mol. The Morgan fingerprint density at radius 1 is 1.14 bits per heavy atom. The smallest absolute Gasteiger partial charge is 0.222 e. The Morgan fingerprint density at radius 2 is 1.94 bits per heavy atom. The van der Waals surface area contributed by atoms with Gasteiger partial charge < -0.3 is 24.0 Å². The molecule has 6 nitrogen and oxygen atoms in total. The lowest BCUT2D eigenvalue weighted by atomic mass is 9.96. The topological polar surface area (TPSA) is 51.2 Å². The SMILES string of the molecule is CCC(=O)N1CCOc2c(cc(-c3ccc(C(C)C)c(OC)c3)cc2OCC2CCCN(C)C2)C1. The first-order valence-corrected chi connectivity index (χ1v) is 13.0. The first kappa shape index (κ1) is 25.4. The van der Waals surface area contributed by atoms with Crippen LogP contribution in [0.15, 0.2) is 30.3 Å². The molecule has 1 amide bonds. The van der Waals surface area contributed by atoms with E-state index in [1.807, 2.05) is 11.8 Å². The van der Waals surface area contributed by atoms with Crippen molar-refractivity contribution in [2.75, 3.05) is 47.0 Å². The number of fused-ring (bicyclic) bond motifs is 1. The molecule has 0 aliphatic carbocycles. The summed E-state index contributed by atoms with van der Waals surface area (Å²) in [4.78, 5) is 16.8. The summed E-state index contributed by atoms with van der Waals surface area (Å²) in [6, 6.07) is 10.6. The molecule has 190 valence electrons. The summed E-state index contributed by atoms with van der Waals surface area (Å²) in [6.45, 7) is 10.7. The van der Waals surface area contributed by atoms with Crippen molar-refractivity contribution in [3.05, 3.63) is 41.5 Å². The lowest BCUT2D eigenvalue weighted by molar-refractivity contribution is -0.131. The van der Waals surface area contributed by atoms with Crippen LogP contribution in [0.3, 0.4) is 0 Å². The molecule has 0 spiro atoms. The molecule has 2 aliphatic rings. The van der Waals surface area contributed by atoms with Gasteiger partial charge in [-0.25, -0.2) is 0 Å². The van der Waals surface area contributed by atoms with Gasteiger partial charge in [-0.2, -0.15) is 0 Å². The van der Waals surface area contributed by atoms with Gasteiger partial charge in [0.05, 0.1) is 20.3 Å². The van der Waals surface area contributed by atoms with Gasteiger partial charge in [0.15, 0.2) is 11.5 Å². The van der Waals surface area contributed by atoms with Crippen LogP contribution in [0.2, 0.25) is 0 Å². The molecule has 1 atom stereocenters. The second-order valence-electron chi connectivity index (χ2n) is 10.2. The summed E-state index contributed by atoms with van der Waals surface area (Å²) >= 11 is 0. The predicted molar refractivity (Wildman–Crippen MR) is 139 cm³/mol. The van der Waals surface area contributed by atoms with Gasteiger partial charge in [0.1, 0.15) is 12.4 Å². The number of hydrogen-bond acceptors (Lipinski definition) is 5. The second-order valence-corrected chi connectivity index (χ2v) is 10.2. The van der Waals surface area contributed by atoms with Gasteiger partial charge in [-0.3, -0.25) is 4.79 Å². The Hall–Kier alpha value is -2.73. The predicted octanol–water partition coefficient (Wildman–Crippen LogP) is 5.34. The largest absolute Gasteiger partial charge is 0.496 e. The van der Waals surface area contributed by atoms with Crippen molar-refractivity contribution in [3.63, 3.8) is 0 Å². The van der Waals surface area contributed by atoms with E-state index in [1.54, 1.807) is 7.11 Å². The van der Waals surface area contributed by atoms with E-state index >= 15 is 0 Å². The fourth-order valence-corrected chi connectivity index (χ4v) is 5.18. The highest BCUT2D eigenvalue weighted by atomic mass is 16.5. The molecule has 0 radical (unpaired) electrons. The normalized spacial score (nSPS) is 18.6. The summed E-state index contributed by atoms with van der Waals surface area (Å²) in [5.41, 5.74) is 4.29. The molecule has 0 aromatic heterocycles. The summed E-state index contributed by atoms with van der Waals surface area (Å²) in [6.07, 6.45) is 2.87. The van der Waals surface area contributed by atoms with Gasteiger partial charge in [0.2, 0.25) is 5.91 Å². The van der Waals surface area contributed by atoms with Gasteiger partial charge >= 0.3 is 0 Å². The van der Waals surface area contributed by atoms with Gasteiger partial charge in [0.25, 0.3) is 0 Å². The fraction of sp³-hybridized carbons (Fsp3) is 0.552. The van der Waals surface area contributed by atoms with Crippen molar-refractivity contribution in [1.82, 2.24) is 9.80 Å². The Morgan fingerprint density at radius 3 is 2.66 bits per heavy atom. The van der Waals surface area contributed by atoms with E-state index in [-0.39, 0.29) is 5.91 Å². The van der Waals surface area contributed by atoms with Crippen LogP contribution in [0.4, 0.5) is 0 Å². The van der Waals surface area contributed by atoms with E-state index in [9.17, 15) is 4.79 Å². The van der Waals surface area contributed by atoms with Gasteiger partial charge in [-0.1, -0.05) is 32.9 Å². The zero-order chi connectivity index (χ0) is 24.9. The van der Waals surface area contributed by atoms with Crippen LogP contribution in [0.5, 0.6) is 17.2 Å². The van der Waals surface area contributed by atoms with Crippen LogP contribution in [0, 0.1) is 5.92 Å². The second kappa shape index (κ2) is 11.3. The third-order valence-corrected chi connectivity index (χ3v) is 7.14. The van der Waals surface area contributed by atoms with Crippen molar-refractivity contribution in [2.45, 2.75) is 52.5 Å². The van der Waals surface area contributed by atoms with E-state index in [4.69, 9.17) is 14.2 Å². The average Bonchev–Trinajstić information content (AvgIpc) is 3.09. The van der Waals surface area contributed by atoms with Gasteiger partial charge in [-0.15, -0.1) is 0 Å². The number of carbonyl (C=O) groups excluding carboxylic acids is 1. The maximum absolute atomic E-state index is 12.5. The fourth-order valence-electron chi connectivity index (χ4n) is 5.18. The van der Waals surface area contributed by atoms with Gasteiger partial charge in [-0.05, 0) is 67.2 Å². The highest BCUT2D eigenvalue weighted by Crippen LogP contribution is 2.40. The minimum Gasteiger partial charge on any atom is -0.496 e. The molecule has 2 heterocycles. The zero-order valence-electron chi connectivity index (χ0n) is 21.9. The van der Waals surface area contributed by atoms with Crippen molar-refractivity contribution in [2.24, 2.45) is 5.92 Å². The molecule has 2 aromatic carbocycles. The summed E-state index contributed by atoms with van der Waals surface area (Å²) < 4.78 is 18.4. The van der Waals surface area contributed by atoms with E-state index in [0.717, 1.165) is 47.0 Å². The number of likely N-dealkylation sites (tertiary alicyclic amines) is 1. The zero-order valence-corrected chi connectivity index (χ0v) is 21.9. The Balaban J connectivity index is 1.71. The quantitative estimate of drug-likeness (QED) is 0.536. The van der Waals surface area contributed by atoms with E-state index < -0.39 is 0 Å². The Bertz CT molecular complexity index is 1040. The molecule has 1 saturated heterocycles. The maximum Gasteiger partial charge on any atom is 0.222 e. The molecule has 0 bridgehead atoms. The molecule has 1 unspecified atom stereocenters. The van der Waals surface area contributed by atoms with Gasteiger partial charge in [0, 0.05) is 31.0 Å². The third-order valence-electron chi connectivity index (χ3n) is 7.14. The lowest BCUT2D eigenvalue weighted by Gasteiger charge is -2.29. The molecule has 2 aliphatic heterocycles. The number of hydrogen-bond donors (Lipinski definition) is 0.